The summed E-state index contributed by atoms with van der Waals surface area (Å²) >= 11 is 0. The van der Waals surface area contributed by atoms with E-state index in [0.717, 1.165) is 0 Å². The highest BCUT2D eigenvalue weighted by molar-refractivity contribution is 7.89. The first-order valence-corrected chi connectivity index (χ1v) is 8.99. The number of nitrogens with one attached hydrogen (secondary N) is 1. The molecule has 1 saturated heterocycles. The molecule has 10 heteroatoms. The second kappa shape index (κ2) is 6.52. The first kappa shape index (κ1) is 18.4. The van der Waals surface area contributed by atoms with Crippen molar-refractivity contribution in [1.82, 2.24) is 14.8 Å². The summed E-state index contributed by atoms with van der Waals surface area (Å²) in [5.74, 6) is -2.10. The van der Waals surface area contributed by atoms with E-state index in [1.54, 1.807) is 6.92 Å². The van der Waals surface area contributed by atoms with Crippen LogP contribution in [0, 0.1) is 25.7 Å². The fraction of sp³-hybridized carbons (Fsp3) is 0.643. The minimum Gasteiger partial charge on any atom is -0.481 e. The van der Waals surface area contributed by atoms with Crippen LogP contribution in [0.2, 0.25) is 0 Å². The third kappa shape index (κ3) is 3.44. The van der Waals surface area contributed by atoms with Gasteiger partial charge in [-0.2, -0.15) is 4.72 Å². The fourth-order valence-electron chi connectivity index (χ4n) is 2.94. The molecule has 2 rings (SSSR count). The van der Waals surface area contributed by atoms with Crippen LogP contribution in [-0.2, 0) is 19.6 Å². The molecule has 1 aromatic heterocycles. The third-order valence-corrected chi connectivity index (χ3v) is 5.96. The number of carboxylic acid groups (broad SMARTS) is 1. The van der Waals surface area contributed by atoms with Crippen LogP contribution in [0.1, 0.15) is 25.3 Å². The van der Waals surface area contributed by atoms with Crippen molar-refractivity contribution in [1.29, 1.82) is 0 Å². The lowest BCUT2D eigenvalue weighted by molar-refractivity contribution is -0.142. The number of hydrogen-bond donors (Lipinski definition) is 2. The van der Waals surface area contributed by atoms with E-state index in [9.17, 15) is 18.0 Å². The van der Waals surface area contributed by atoms with Gasteiger partial charge in [0.1, 0.15) is 10.6 Å². The predicted octanol–water partition coefficient (Wildman–Crippen LogP) is 0.137. The monoisotopic (exact) mass is 359 g/mol. The number of aromatic nitrogens is 1. The van der Waals surface area contributed by atoms with Crippen molar-refractivity contribution in [3.05, 3.63) is 11.5 Å². The molecule has 1 aliphatic rings. The Bertz CT molecular complexity index is 737. The summed E-state index contributed by atoms with van der Waals surface area (Å²) < 4.78 is 32.0. The quantitative estimate of drug-likeness (QED) is 0.764. The van der Waals surface area contributed by atoms with Gasteiger partial charge in [0.15, 0.2) is 5.76 Å². The number of sulfonamides is 1. The van der Waals surface area contributed by atoms with Crippen molar-refractivity contribution >= 4 is 21.9 Å². The van der Waals surface area contributed by atoms with Gasteiger partial charge < -0.3 is 14.5 Å². The molecule has 3 atom stereocenters. The predicted molar refractivity (Wildman–Crippen MR) is 82.6 cm³/mol. The van der Waals surface area contributed by atoms with Gasteiger partial charge in [-0.15, -0.1) is 0 Å². The lowest BCUT2D eigenvalue weighted by Crippen LogP contribution is -2.46. The Morgan fingerprint density at radius 3 is 2.46 bits per heavy atom. The summed E-state index contributed by atoms with van der Waals surface area (Å²) in [6.07, 6.45) is 0. The number of hydrogen-bond acceptors (Lipinski definition) is 6. The molecule has 1 aliphatic heterocycles. The lowest BCUT2D eigenvalue weighted by atomic mass is 9.99. The van der Waals surface area contributed by atoms with Crippen molar-refractivity contribution in [3.63, 3.8) is 0 Å². The zero-order chi connectivity index (χ0) is 18.2. The molecule has 1 unspecified atom stereocenters. The van der Waals surface area contributed by atoms with E-state index in [0.29, 0.717) is 0 Å². The molecule has 1 amide bonds. The van der Waals surface area contributed by atoms with Gasteiger partial charge in [-0.1, -0.05) is 12.1 Å². The van der Waals surface area contributed by atoms with Gasteiger partial charge in [0.2, 0.25) is 15.9 Å². The van der Waals surface area contributed by atoms with Crippen molar-refractivity contribution in [2.45, 2.75) is 38.6 Å². The van der Waals surface area contributed by atoms with E-state index >= 15 is 0 Å². The highest BCUT2D eigenvalue weighted by Crippen LogP contribution is 2.24. The number of nitrogens with zero attached hydrogens (tertiary/aromatic N) is 2. The van der Waals surface area contributed by atoms with Crippen LogP contribution in [0.4, 0.5) is 0 Å². The third-order valence-electron chi connectivity index (χ3n) is 4.18. The number of aliphatic carboxylic acids is 1. The normalized spacial score (nSPS) is 22.6. The summed E-state index contributed by atoms with van der Waals surface area (Å²) in [5, 5.41) is 12.7. The van der Waals surface area contributed by atoms with E-state index in [4.69, 9.17) is 9.63 Å². The molecule has 2 N–H and O–H groups in total. The van der Waals surface area contributed by atoms with Gasteiger partial charge in [-0.05, 0) is 26.7 Å². The lowest BCUT2D eigenvalue weighted by Gasteiger charge is -2.21. The molecular formula is C14H21N3O6S. The van der Waals surface area contributed by atoms with E-state index < -0.39 is 33.9 Å². The summed E-state index contributed by atoms with van der Waals surface area (Å²) in [5.41, 5.74) is 0.209. The second-order valence-electron chi connectivity index (χ2n) is 6.16. The molecule has 0 radical (unpaired) electrons. The van der Waals surface area contributed by atoms with Gasteiger partial charge in [-0.3, -0.25) is 9.59 Å². The van der Waals surface area contributed by atoms with Crippen LogP contribution in [0.15, 0.2) is 9.42 Å². The average Bonchev–Trinajstić information content (AvgIpc) is 3.00. The molecule has 9 nitrogen and oxygen atoms in total. The number of likely N-dealkylation sites (tertiary alicyclic amines) is 1. The minimum absolute atomic E-state index is 0.0761. The molecule has 1 aromatic rings. The topological polar surface area (TPSA) is 130 Å². The molecule has 0 spiro atoms. The smallest absolute Gasteiger partial charge is 0.308 e. The first-order chi connectivity index (χ1) is 11.0. The maximum absolute atomic E-state index is 12.4. The molecule has 0 saturated carbocycles. The Morgan fingerprint density at radius 2 is 2.00 bits per heavy atom. The van der Waals surface area contributed by atoms with Crippen molar-refractivity contribution in [3.8, 4) is 0 Å². The number of amides is 1. The van der Waals surface area contributed by atoms with Crippen molar-refractivity contribution in [2.75, 3.05) is 13.1 Å². The van der Waals surface area contributed by atoms with E-state index in [-0.39, 0.29) is 35.4 Å². The molecular weight excluding hydrogens is 338 g/mol. The summed E-state index contributed by atoms with van der Waals surface area (Å²) in [6, 6.07) is -1.02. The highest BCUT2D eigenvalue weighted by Gasteiger charge is 2.39. The average molecular weight is 359 g/mol. The molecule has 2 heterocycles. The molecule has 134 valence electrons. The Kier molecular flexibility index (Phi) is 5.00. The van der Waals surface area contributed by atoms with Gasteiger partial charge in [0.05, 0.1) is 12.0 Å². The molecule has 0 aliphatic carbocycles. The Labute approximate surface area is 140 Å². The number of carboxylic acids is 1. The van der Waals surface area contributed by atoms with E-state index in [2.05, 4.69) is 9.88 Å². The Balaban J connectivity index is 2.11. The second-order valence-corrected chi connectivity index (χ2v) is 7.81. The zero-order valence-corrected chi connectivity index (χ0v) is 14.8. The number of carbonyl (C=O) groups is 2. The molecule has 1 fully saturated rings. The SMILES string of the molecule is Cc1noc(C)c1S(=O)(=O)NC(C)C(=O)N1C[C@@H](C)[C@H](C(=O)O)C1. The fourth-order valence-corrected chi connectivity index (χ4v) is 4.47. The maximum Gasteiger partial charge on any atom is 0.308 e. The molecule has 24 heavy (non-hydrogen) atoms. The Hall–Kier alpha value is -1.94. The van der Waals surface area contributed by atoms with Crippen LogP contribution in [0.25, 0.3) is 0 Å². The van der Waals surface area contributed by atoms with Crippen molar-refractivity contribution in [2.24, 2.45) is 11.8 Å². The largest absolute Gasteiger partial charge is 0.481 e. The molecule has 0 bridgehead atoms. The number of rotatable bonds is 5. The zero-order valence-electron chi connectivity index (χ0n) is 13.9. The van der Waals surface area contributed by atoms with Gasteiger partial charge in [0, 0.05) is 13.1 Å². The van der Waals surface area contributed by atoms with Crippen LogP contribution in [-0.4, -0.2) is 54.6 Å². The number of carbonyl (C=O) groups excluding carboxylic acids is 1. The Morgan fingerprint density at radius 1 is 1.38 bits per heavy atom. The van der Waals surface area contributed by atoms with E-state index in [1.807, 2.05) is 0 Å². The van der Waals surface area contributed by atoms with Crippen LogP contribution >= 0.6 is 0 Å². The summed E-state index contributed by atoms with van der Waals surface area (Å²) in [7, 11) is -3.97. The van der Waals surface area contributed by atoms with Crippen LogP contribution < -0.4 is 4.72 Å². The van der Waals surface area contributed by atoms with Crippen LogP contribution in [0.5, 0.6) is 0 Å². The first-order valence-electron chi connectivity index (χ1n) is 7.51. The minimum atomic E-state index is -3.97. The highest BCUT2D eigenvalue weighted by atomic mass is 32.2. The van der Waals surface area contributed by atoms with Crippen molar-refractivity contribution < 1.29 is 27.6 Å². The standard InChI is InChI=1S/C14H21N3O6S/c1-7-5-17(6-11(7)14(19)20)13(18)9(3)16-24(21,22)12-8(2)15-23-10(12)4/h7,9,11,16H,5-6H2,1-4H3,(H,19,20)/t7-,9?,11-/m1/s1. The van der Waals surface area contributed by atoms with E-state index in [1.165, 1.54) is 25.7 Å². The molecule has 0 aromatic carbocycles. The number of aryl methyl sites for hydroxylation is 2. The summed E-state index contributed by atoms with van der Waals surface area (Å²) in [6.45, 7) is 6.51. The van der Waals surface area contributed by atoms with Gasteiger partial charge in [0.25, 0.3) is 0 Å². The maximum atomic E-state index is 12.4. The van der Waals surface area contributed by atoms with Gasteiger partial charge in [-0.25, -0.2) is 8.42 Å². The summed E-state index contributed by atoms with van der Waals surface area (Å²) in [4.78, 5) is 24.9. The van der Waals surface area contributed by atoms with Crippen LogP contribution in [0.3, 0.4) is 0 Å². The van der Waals surface area contributed by atoms with Gasteiger partial charge >= 0.3 is 5.97 Å².